The van der Waals surface area contributed by atoms with E-state index in [4.69, 9.17) is 9.47 Å². The molecule has 3 aromatic rings. The zero-order valence-corrected chi connectivity index (χ0v) is 14.5. The molecular formula is C22H16N2O3. The summed E-state index contributed by atoms with van der Waals surface area (Å²) >= 11 is 0. The maximum atomic E-state index is 12.0. The van der Waals surface area contributed by atoms with Gasteiger partial charge in [-0.2, -0.15) is 5.26 Å². The van der Waals surface area contributed by atoms with Gasteiger partial charge in [-0.1, -0.05) is 18.2 Å². The van der Waals surface area contributed by atoms with Crippen molar-refractivity contribution in [3.63, 3.8) is 0 Å². The largest absolute Gasteiger partial charge is 0.492 e. The van der Waals surface area contributed by atoms with Crippen molar-refractivity contribution in [3.05, 3.63) is 89.2 Å². The van der Waals surface area contributed by atoms with E-state index in [1.54, 1.807) is 36.7 Å². The summed E-state index contributed by atoms with van der Waals surface area (Å²) in [6.07, 6.45) is 3.29. The average Bonchev–Trinajstić information content (AvgIpc) is 2.73. The molecule has 0 aliphatic carbocycles. The molecule has 132 valence electrons. The van der Waals surface area contributed by atoms with Crippen LogP contribution >= 0.6 is 0 Å². The van der Waals surface area contributed by atoms with Crippen LogP contribution in [0.3, 0.4) is 0 Å². The second-order valence-electron chi connectivity index (χ2n) is 6.16. The van der Waals surface area contributed by atoms with Crippen LogP contribution in [-0.4, -0.2) is 17.4 Å². The lowest BCUT2D eigenvalue weighted by Gasteiger charge is -2.22. The van der Waals surface area contributed by atoms with Crippen molar-refractivity contribution in [1.82, 2.24) is 4.98 Å². The Morgan fingerprint density at radius 3 is 2.74 bits per heavy atom. The summed E-state index contributed by atoms with van der Waals surface area (Å²) in [5.74, 6) is 1.17. The number of nitriles is 1. The molecular weight excluding hydrogens is 340 g/mol. The monoisotopic (exact) mass is 356 g/mol. The maximum Gasteiger partial charge on any atom is 0.169 e. The maximum absolute atomic E-state index is 12.0. The van der Waals surface area contributed by atoms with Crippen LogP contribution in [0.5, 0.6) is 11.5 Å². The Balaban J connectivity index is 1.75. The summed E-state index contributed by atoms with van der Waals surface area (Å²) in [7, 11) is 0. The second kappa shape index (κ2) is 7.30. The van der Waals surface area contributed by atoms with Crippen LogP contribution < -0.4 is 9.47 Å². The van der Waals surface area contributed by atoms with Gasteiger partial charge in [0.1, 0.15) is 11.5 Å². The van der Waals surface area contributed by atoms with Gasteiger partial charge >= 0.3 is 0 Å². The quantitative estimate of drug-likeness (QED) is 0.704. The number of nitrogens with zero attached hydrogens (tertiary/aromatic N) is 2. The van der Waals surface area contributed by atoms with Crippen LogP contribution in [0, 0.1) is 11.3 Å². The van der Waals surface area contributed by atoms with Crippen LogP contribution in [0.15, 0.2) is 67.0 Å². The summed E-state index contributed by atoms with van der Waals surface area (Å²) < 4.78 is 11.9. The van der Waals surface area contributed by atoms with Gasteiger partial charge in [-0.15, -0.1) is 0 Å². The molecule has 0 radical (unpaired) electrons. The highest BCUT2D eigenvalue weighted by molar-refractivity contribution is 5.99. The highest BCUT2D eigenvalue weighted by atomic mass is 16.5. The van der Waals surface area contributed by atoms with Crippen molar-refractivity contribution >= 4 is 5.78 Å². The first-order chi connectivity index (χ1) is 13.3. The first kappa shape index (κ1) is 16.8. The molecule has 0 fully saturated rings. The van der Waals surface area contributed by atoms with E-state index in [-0.39, 0.29) is 5.78 Å². The number of aromatic nitrogens is 1. The number of rotatable bonds is 4. The normalized spacial score (nSPS) is 13.8. The lowest BCUT2D eigenvalue weighted by Crippen LogP contribution is -2.16. The minimum absolute atomic E-state index is 0.0725. The third-order valence-corrected chi connectivity index (χ3v) is 4.47. The van der Waals surface area contributed by atoms with Gasteiger partial charge in [0, 0.05) is 30.4 Å². The van der Waals surface area contributed by atoms with E-state index in [2.05, 4.69) is 11.1 Å². The SMILES string of the molecule is N#Cc1ccccc1C(Oc1ccc2c(c1)OCCC2=O)c1ccncc1. The zero-order chi connectivity index (χ0) is 18.6. The van der Waals surface area contributed by atoms with Gasteiger partial charge < -0.3 is 9.47 Å². The van der Waals surface area contributed by atoms with Gasteiger partial charge in [0.05, 0.1) is 23.8 Å². The molecule has 27 heavy (non-hydrogen) atoms. The molecule has 0 saturated heterocycles. The third-order valence-electron chi connectivity index (χ3n) is 4.47. The predicted molar refractivity (Wildman–Crippen MR) is 98.7 cm³/mol. The second-order valence-corrected chi connectivity index (χ2v) is 6.16. The average molecular weight is 356 g/mol. The standard InChI is InChI=1S/C22H16N2O3/c23-14-16-3-1-2-4-18(16)22(15-7-10-24-11-8-15)27-17-5-6-19-20(25)9-12-26-21(19)13-17/h1-8,10-11,13,22H,9,12H2. The Labute approximate surface area is 156 Å². The van der Waals surface area contributed by atoms with Crippen LogP contribution in [0.2, 0.25) is 0 Å². The van der Waals surface area contributed by atoms with Gasteiger partial charge in [0.15, 0.2) is 11.9 Å². The van der Waals surface area contributed by atoms with E-state index in [1.807, 2.05) is 30.3 Å². The summed E-state index contributed by atoms with van der Waals surface area (Å²) in [5.41, 5.74) is 2.76. The molecule has 1 aliphatic heterocycles. The van der Waals surface area contributed by atoms with Crippen molar-refractivity contribution in [1.29, 1.82) is 5.26 Å². The highest BCUT2D eigenvalue weighted by Gasteiger charge is 2.22. The Hall–Kier alpha value is -3.65. The molecule has 1 atom stereocenters. The molecule has 5 heteroatoms. The van der Waals surface area contributed by atoms with Gasteiger partial charge in [-0.3, -0.25) is 9.78 Å². The van der Waals surface area contributed by atoms with Crippen molar-refractivity contribution in [2.24, 2.45) is 0 Å². The van der Waals surface area contributed by atoms with E-state index < -0.39 is 6.10 Å². The lowest BCUT2D eigenvalue weighted by atomic mass is 9.97. The van der Waals surface area contributed by atoms with E-state index >= 15 is 0 Å². The first-order valence-corrected chi connectivity index (χ1v) is 8.62. The van der Waals surface area contributed by atoms with Gasteiger partial charge in [-0.25, -0.2) is 0 Å². The topological polar surface area (TPSA) is 72.2 Å². The van der Waals surface area contributed by atoms with Crippen molar-refractivity contribution in [2.45, 2.75) is 12.5 Å². The molecule has 1 aromatic heterocycles. The Kier molecular flexibility index (Phi) is 4.54. The van der Waals surface area contributed by atoms with Crippen LogP contribution in [0.4, 0.5) is 0 Å². The van der Waals surface area contributed by atoms with Gasteiger partial charge in [0.2, 0.25) is 0 Å². The Morgan fingerprint density at radius 2 is 1.93 bits per heavy atom. The molecule has 2 heterocycles. The minimum atomic E-state index is -0.485. The summed E-state index contributed by atoms with van der Waals surface area (Å²) in [6, 6.07) is 18.5. The summed E-state index contributed by atoms with van der Waals surface area (Å²) in [5, 5.41) is 9.49. The first-order valence-electron chi connectivity index (χ1n) is 8.62. The fraction of sp³-hybridized carbons (Fsp3) is 0.136. The van der Waals surface area contributed by atoms with E-state index in [9.17, 15) is 10.1 Å². The number of benzene rings is 2. The Bertz CT molecular complexity index is 1030. The zero-order valence-electron chi connectivity index (χ0n) is 14.5. The smallest absolute Gasteiger partial charge is 0.169 e. The van der Waals surface area contributed by atoms with Crippen molar-refractivity contribution in [2.75, 3.05) is 6.61 Å². The Morgan fingerprint density at radius 1 is 1.11 bits per heavy atom. The molecule has 1 aliphatic rings. The molecule has 0 saturated carbocycles. The third kappa shape index (κ3) is 3.38. The molecule has 0 spiro atoms. The van der Waals surface area contributed by atoms with Crippen LogP contribution in [0.1, 0.15) is 39.6 Å². The van der Waals surface area contributed by atoms with E-state index in [0.717, 1.165) is 11.1 Å². The molecule has 4 rings (SSSR count). The van der Waals surface area contributed by atoms with Crippen LogP contribution in [-0.2, 0) is 0 Å². The number of fused-ring (bicyclic) bond motifs is 1. The molecule has 0 bridgehead atoms. The number of Topliss-reactive ketones (excluding diaryl/α,β-unsaturated/α-hetero) is 1. The predicted octanol–water partition coefficient (Wildman–Crippen LogP) is 4.09. The number of pyridine rings is 1. The molecule has 0 amide bonds. The van der Waals surface area contributed by atoms with Gasteiger partial charge in [-0.05, 0) is 35.9 Å². The summed E-state index contributed by atoms with van der Waals surface area (Å²) in [6.45, 7) is 0.375. The number of hydrogen-bond acceptors (Lipinski definition) is 5. The summed E-state index contributed by atoms with van der Waals surface area (Å²) in [4.78, 5) is 16.0. The lowest BCUT2D eigenvalue weighted by molar-refractivity contribution is 0.0933. The van der Waals surface area contributed by atoms with Gasteiger partial charge in [0.25, 0.3) is 0 Å². The van der Waals surface area contributed by atoms with E-state index in [0.29, 0.717) is 35.7 Å². The number of ether oxygens (including phenoxy) is 2. The number of carbonyl (C=O) groups excluding carboxylic acids is 1. The van der Waals surface area contributed by atoms with Crippen molar-refractivity contribution in [3.8, 4) is 17.6 Å². The fourth-order valence-electron chi connectivity index (χ4n) is 3.13. The molecule has 1 unspecified atom stereocenters. The highest BCUT2D eigenvalue weighted by Crippen LogP contribution is 2.34. The van der Waals surface area contributed by atoms with E-state index in [1.165, 1.54) is 0 Å². The fourth-order valence-corrected chi connectivity index (χ4v) is 3.13. The minimum Gasteiger partial charge on any atom is -0.492 e. The van der Waals surface area contributed by atoms with Crippen molar-refractivity contribution < 1.29 is 14.3 Å². The molecule has 2 aromatic carbocycles. The number of ketones is 1. The molecule has 0 N–H and O–H groups in total. The van der Waals surface area contributed by atoms with Crippen LogP contribution in [0.25, 0.3) is 0 Å². The molecule has 5 nitrogen and oxygen atoms in total. The number of hydrogen-bond donors (Lipinski definition) is 0. The number of carbonyl (C=O) groups is 1.